The lowest BCUT2D eigenvalue weighted by molar-refractivity contribution is 0.0282. The summed E-state index contributed by atoms with van der Waals surface area (Å²) in [5, 5.41) is 9.97. The summed E-state index contributed by atoms with van der Waals surface area (Å²) >= 11 is 6.93. The van der Waals surface area contributed by atoms with Crippen LogP contribution in [0.5, 0.6) is 0 Å². The van der Waals surface area contributed by atoms with Gasteiger partial charge in [-0.1, -0.05) is 25.4 Å². The van der Waals surface area contributed by atoms with Crippen LogP contribution in [0.3, 0.4) is 0 Å². The molecule has 0 aromatic carbocycles. The zero-order chi connectivity index (χ0) is 10.8. The minimum absolute atomic E-state index is 0.223. The Balaban J connectivity index is 2.94. The van der Waals surface area contributed by atoms with E-state index in [1.165, 1.54) is 11.3 Å². The van der Waals surface area contributed by atoms with Gasteiger partial charge >= 0.3 is 0 Å². The van der Waals surface area contributed by atoms with Crippen molar-refractivity contribution in [3.63, 3.8) is 0 Å². The molecule has 1 aromatic rings. The van der Waals surface area contributed by atoms with Crippen molar-refractivity contribution in [2.75, 3.05) is 0 Å². The number of thiophene rings is 1. The summed E-state index contributed by atoms with van der Waals surface area (Å²) in [4.78, 5) is 12.4. The summed E-state index contributed by atoms with van der Waals surface area (Å²) in [7, 11) is 0. The standard InChI is InChI=1S/C10H13ClO2S/c1-3-10(13,4-2)9(12)7-5-6-8(11)14-7/h5-6,13H,3-4H2,1-2H3. The third-order valence-corrected chi connectivity index (χ3v) is 3.62. The molecule has 0 radical (unpaired) electrons. The van der Waals surface area contributed by atoms with Gasteiger partial charge in [0.2, 0.25) is 5.78 Å². The zero-order valence-corrected chi connectivity index (χ0v) is 9.78. The highest BCUT2D eigenvalue weighted by atomic mass is 35.5. The maximum Gasteiger partial charge on any atom is 0.204 e. The van der Waals surface area contributed by atoms with E-state index < -0.39 is 5.60 Å². The van der Waals surface area contributed by atoms with Crippen LogP contribution in [0, 0.1) is 0 Å². The van der Waals surface area contributed by atoms with E-state index in [0.29, 0.717) is 22.1 Å². The van der Waals surface area contributed by atoms with E-state index in [-0.39, 0.29) is 5.78 Å². The number of halogens is 1. The summed E-state index contributed by atoms with van der Waals surface area (Å²) in [6.45, 7) is 3.60. The number of ketones is 1. The molecule has 0 unspecified atom stereocenters. The third-order valence-electron chi connectivity index (χ3n) is 2.39. The normalized spacial score (nSPS) is 11.7. The van der Waals surface area contributed by atoms with Crippen molar-refractivity contribution < 1.29 is 9.90 Å². The summed E-state index contributed by atoms with van der Waals surface area (Å²) in [5.41, 5.74) is -1.23. The highest BCUT2D eigenvalue weighted by molar-refractivity contribution is 7.18. The Labute approximate surface area is 92.5 Å². The number of aliphatic hydroxyl groups is 1. The van der Waals surface area contributed by atoms with Crippen LogP contribution < -0.4 is 0 Å². The zero-order valence-electron chi connectivity index (χ0n) is 8.21. The Bertz CT molecular complexity index is 329. The van der Waals surface area contributed by atoms with Crippen LogP contribution in [0.15, 0.2) is 12.1 Å². The monoisotopic (exact) mass is 232 g/mol. The smallest absolute Gasteiger partial charge is 0.204 e. The molecule has 0 bridgehead atoms. The fourth-order valence-corrected chi connectivity index (χ4v) is 2.31. The molecule has 0 atom stereocenters. The van der Waals surface area contributed by atoms with Gasteiger partial charge in [-0.05, 0) is 25.0 Å². The van der Waals surface area contributed by atoms with Gasteiger partial charge in [-0.25, -0.2) is 0 Å². The molecule has 0 saturated heterocycles. The Morgan fingerprint density at radius 1 is 1.50 bits per heavy atom. The number of carbonyl (C=O) groups is 1. The molecule has 0 spiro atoms. The lowest BCUT2D eigenvalue weighted by Crippen LogP contribution is -2.36. The SMILES string of the molecule is CCC(O)(CC)C(=O)c1ccc(Cl)s1. The maximum absolute atomic E-state index is 11.8. The second-order valence-corrected chi connectivity index (χ2v) is 4.89. The summed E-state index contributed by atoms with van der Waals surface area (Å²) in [6.07, 6.45) is 0.857. The van der Waals surface area contributed by atoms with Crippen molar-refractivity contribution >= 4 is 28.7 Å². The van der Waals surface area contributed by atoms with E-state index in [0.717, 1.165) is 0 Å². The second-order valence-electron chi connectivity index (χ2n) is 3.17. The highest BCUT2D eigenvalue weighted by Crippen LogP contribution is 2.28. The molecule has 0 amide bonds. The summed E-state index contributed by atoms with van der Waals surface area (Å²) < 4.78 is 0.572. The Morgan fingerprint density at radius 2 is 2.07 bits per heavy atom. The van der Waals surface area contributed by atoms with Gasteiger partial charge in [-0.3, -0.25) is 4.79 Å². The molecule has 2 nitrogen and oxygen atoms in total. The molecule has 0 fully saturated rings. The van der Waals surface area contributed by atoms with E-state index >= 15 is 0 Å². The first-order valence-corrected chi connectivity index (χ1v) is 5.75. The minimum Gasteiger partial charge on any atom is -0.382 e. The van der Waals surface area contributed by atoms with E-state index in [1.54, 1.807) is 26.0 Å². The van der Waals surface area contributed by atoms with Crippen LogP contribution in [-0.2, 0) is 0 Å². The molecule has 1 N–H and O–H groups in total. The second kappa shape index (κ2) is 4.43. The fraction of sp³-hybridized carbons (Fsp3) is 0.500. The molecule has 1 rings (SSSR count). The average molecular weight is 233 g/mol. The van der Waals surface area contributed by atoms with E-state index in [4.69, 9.17) is 11.6 Å². The predicted molar refractivity (Wildman–Crippen MR) is 59.2 cm³/mol. The van der Waals surface area contributed by atoms with Crippen molar-refractivity contribution in [1.82, 2.24) is 0 Å². The van der Waals surface area contributed by atoms with Crippen LogP contribution in [0.2, 0.25) is 4.34 Å². The molecule has 0 aliphatic rings. The average Bonchev–Trinajstić information content (AvgIpc) is 2.62. The van der Waals surface area contributed by atoms with Gasteiger partial charge in [0.25, 0.3) is 0 Å². The van der Waals surface area contributed by atoms with Crippen molar-refractivity contribution in [3.8, 4) is 0 Å². The molecular weight excluding hydrogens is 220 g/mol. The van der Waals surface area contributed by atoms with E-state index in [1.807, 2.05) is 0 Å². The lowest BCUT2D eigenvalue weighted by atomic mass is 9.91. The van der Waals surface area contributed by atoms with Crippen molar-refractivity contribution in [3.05, 3.63) is 21.3 Å². The van der Waals surface area contributed by atoms with Gasteiger partial charge in [0.05, 0.1) is 9.21 Å². The number of Topliss-reactive ketones (excluding diaryl/α,β-unsaturated/α-hetero) is 1. The lowest BCUT2D eigenvalue weighted by Gasteiger charge is -2.22. The molecule has 0 aliphatic heterocycles. The Hall–Kier alpha value is -0.380. The topological polar surface area (TPSA) is 37.3 Å². The van der Waals surface area contributed by atoms with E-state index in [9.17, 15) is 9.90 Å². The minimum atomic E-state index is -1.23. The fourth-order valence-electron chi connectivity index (χ4n) is 1.24. The molecular formula is C10H13ClO2S. The molecule has 1 heterocycles. The number of hydrogen-bond acceptors (Lipinski definition) is 3. The predicted octanol–water partition coefficient (Wildman–Crippen LogP) is 3.14. The maximum atomic E-state index is 11.8. The third kappa shape index (κ3) is 2.16. The van der Waals surface area contributed by atoms with Gasteiger partial charge in [-0.2, -0.15) is 0 Å². The number of hydrogen-bond donors (Lipinski definition) is 1. The largest absolute Gasteiger partial charge is 0.382 e. The van der Waals surface area contributed by atoms with Gasteiger partial charge < -0.3 is 5.11 Å². The van der Waals surface area contributed by atoms with Crippen LogP contribution in [0.25, 0.3) is 0 Å². The Kier molecular flexibility index (Phi) is 3.70. The number of carbonyl (C=O) groups excluding carboxylic acids is 1. The van der Waals surface area contributed by atoms with Crippen LogP contribution >= 0.6 is 22.9 Å². The first-order valence-electron chi connectivity index (χ1n) is 4.56. The Morgan fingerprint density at radius 3 is 2.43 bits per heavy atom. The summed E-state index contributed by atoms with van der Waals surface area (Å²) in [6, 6.07) is 3.33. The van der Waals surface area contributed by atoms with E-state index in [2.05, 4.69) is 0 Å². The van der Waals surface area contributed by atoms with Gasteiger partial charge in [0, 0.05) is 0 Å². The van der Waals surface area contributed by atoms with Gasteiger partial charge in [0.1, 0.15) is 5.60 Å². The van der Waals surface area contributed by atoms with Crippen molar-refractivity contribution in [1.29, 1.82) is 0 Å². The van der Waals surface area contributed by atoms with Gasteiger partial charge in [0.15, 0.2) is 0 Å². The molecule has 1 aromatic heterocycles. The molecule has 78 valence electrons. The molecule has 14 heavy (non-hydrogen) atoms. The quantitative estimate of drug-likeness (QED) is 0.810. The molecule has 0 saturated carbocycles. The molecule has 0 aliphatic carbocycles. The summed E-state index contributed by atoms with van der Waals surface area (Å²) in [5.74, 6) is -0.223. The van der Waals surface area contributed by atoms with Crippen LogP contribution in [0.4, 0.5) is 0 Å². The van der Waals surface area contributed by atoms with Crippen molar-refractivity contribution in [2.24, 2.45) is 0 Å². The molecule has 4 heteroatoms. The van der Waals surface area contributed by atoms with Crippen LogP contribution in [-0.4, -0.2) is 16.5 Å². The van der Waals surface area contributed by atoms with Crippen molar-refractivity contribution in [2.45, 2.75) is 32.3 Å². The highest BCUT2D eigenvalue weighted by Gasteiger charge is 2.33. The first-order chi connectivity index (χ1) is 6.53. The first kappa shape index (κ1) is 11.7. The van der Waals surface area contributed by atoms with Crippen LogP contribution in [0.1, 0.15) is 36.4 Å². The van der Waals surface area contributed by atoms with Gasteiger partial charge in [-0.15, -0.1) is 11.3 Å². The number of rotatable bonds is 4.